The third-order valence-corrected chi connectivity index (χ3v) is 2.50. The summed E-state index contributed by atoms with van der Waals surface area (Å²) >= 11 is 0. The van der Waals surface area contributed by atoms with Crippen LogP contribution < -0.4 is 16.9 Å². The monoisotopic (exact) mass is 306 g/mol. The zero-order valence-corrected chi connectivity index (χ0v) is 11.7. The van der Waals surface area contributed by atoms with Crippen LogP contribution in [-0.4, -0.2) is 25.6 Å². The molecule has 0 aromatic carbocycles. The number of hydrogen-bond acceptors (Lipinski definition) is 10. The number of nitro groups is 1. The van der Waals surface area contributed by atoms with Crippen LogP contribution in [0.2, 0.25) is 0 Å². The van der Waals surface area contributed by atoms with Gasteiger partial charge in [-0.15, -0.1) is 0 Å². The molecule has 11 heteroatoms. The van der Waals surface area contributed by atoms with Crippen LogP contribution >= 0.6 is 0 Å². The quantitative estimate of drug-likeness (QED) is 0.402. The summed E-state index contributed by atoms with van der Waals surface area (Å²) in [5.74, 6) is -0.0880. The third kappa shape index (κ3) is 3.65. The summed E-state index contributed by atoms with van der Waals surface area (Å²) in [7, 11) is 0. The maximum Gasteiger partial charge on any atom is 0.433 e. The van der Waals surface area contributed by atoms with E-state index in [0.717, 1.165) is 6.42 Å². The second-order valence-corrected chi connectivity index (χ2v) is 4.19. The summed E-state index contributed by atoms with van der Waals surface area (Å²) < 4.78 is 5.12. The van der Waals surface area contributed by atoms with Crippen molar-refractivity contribution in [2.45, 2.75) is 19.8 Å². The van der Waals surface area contributed by atoms with Gasteiger partial charge in [0, 0.05) is 0 Å². The van der Waals surface area contributed by atoms with E-state index in [1.54, 1.807) is 0 Å². The molecule has 0 aliphatic rings. The number of nitrogens with zero attached hydrogens (tertiary/aromatic N) is 5. The number of hydrogen-bond donors (Lipinski definition) is 3. The molecular weight excluding hydrogens is 292 g/mol. The molecule has 0 aliphatic heterocycles. The van der Waals surface area contributed by atoms with Gasteiger partial charge in [-0.2, -0.15) is 20.1 Å². The summed E-state index contributed by atoms with van der Waals surface area (Å²) in [6, 6.07) is 2.74. The molecule has 0 amide bonds. The van der Waals surface area contributed by atoms with Crippen LogP contribution in [0.4, 0.5) is 23.7 Å². The minimum atomic E-state index is -0.617. The Morgan fingerprint density at radius 1 is 1.36 bits per heavy atom. The number of nitrogens with one attached hydrogen (secondary N) is 1. The molecule has 0 radical (unpaired) electrons. The summed E-state index contributed by atoms with van der Waals surface area (Å²) in [4.78, 5) is 21.3. The van der Waals surface area contributed by atoms with Crippen molar-refractivity contribution in [3.8, 4) is 0 Å². The van der Waals surface area contributed by atoms with Crippen LogP contribution in [0, 0.1) is 10.1 Å². The molecule has 2 heterocycles. The zero-order valence-electron chi connectivity index (χ0n) is 11.7. The molecule has 0 saturated heterocycles. The lowest BCUT2D eigenvalue weighted by molar-refractivity contribution is -0.402. The van der Waals surface area contributed by atoms with Crippen molar-refractivity contribution in [1.29, 1.82) is 0 Å². The van der Waals surface area contributed by atoms with Crippen molar-refractivity contribution < 1.29 is 9.34 Å². The number of rotatable bonds is 6. The van der Waals surface area contributed by atoms with Crippen LogP contribution in [0.25, 0.3) is 0 Å². The van der Waals surface area contributed by atoms with Gasteiger partial charge in [-0.25, -0.2) is 5.43 Å². The van der Waals surface area contributed by atoms with E-state index in [2.05, 4.69) is 25.5 Å². The summed E-state index contributed by atoms with van der Waals surface area (Å²) in [5, 5.41) is 14.7. The Morgan fingerprint density at radius 3 is 2.59 bits per heavy atom. The highest BCUT2D eigenvalue weighted by atomic mass is 16.6. The summed E-state index contributed by atoms with van der Waals surface area (Å²) in [6.45, 7) is 1.94. The van der Waals surface area contributed by atoms with Gasteiger partial charge in [0.2, 0.25) is 17.8 Å². The second kappa shape index (κ2) is 6.47. The summed E-state index contributed by atoms with van der Waals surface area (Å²) in [5.41, 5.74) is 14.0. The molecule has 116 valence electrons. The van der Waals surface area contributed by atoms with Gasteiger partial charge in [0.15, 0.2) is 5.76 Å². The number of aromatic nitrogens is 3. The van der Waals surface area contributed by atoms with Crippen LogP contribution in [-0.2, 0) is 0 Å². The van der Waals surface area contributed by atoms with Crippen LogP contribution in [0.15, 0.2) is 21.7 Å². The molecule has 2 aromatic heterocycles. The number of nitrogens with two attached hydrogens (primary N) is 2. The maximum atomic E-state index is 10.7. The first-order valence-electron chi connectivity index (χ1n) is 6.33. The topological polar surface area (TPSA) is 171 Å². The third-order valence-electron chi connectivity index (χ3n) is 2.50. The normalized spacial score (nSPS) is 11.4. The molecule has 2 aromatic rings. The number of anilines is 3. The molecule has 22 heavy (non-hydrogen) atoms. The Bertz CT molecular complexity index is 691. The lowest BCUT2D eigenvalue weighted by Gasteiger charge is -2.04. The van der Waals surface area contributed by atoms with E-state index in [4.69, 9.17) is 15.9 Å². The fourth-order valence-corrected chi connectivity index (χ4v) is 1.63. The van der Waals surface area contributed by atoms with Gasteiger partial charge in [0.05, 0.1) is 6.07 Å². The Hall–Kier alpha value is -3.24. The molecular formula is C11H14N8O3. The van der Waals surface area contributed by atoms with Gasteiger partial charge in [0.25, 0.3) is 0 Å². The van der Waals surface area contributed by atoms with Crippen molar-refractivity contribution in [1.82, 2.24) is 15.0 Å². The van der Waals surface area contributed by atoms with Crippen LogP contribution in [0.1, 0.15) is 25.5 Å². The number of nitrogen functional groups attached to an aromatic ring is 2. The van der Waals surface area contributed by atoms with Crippen LogP contribution in [0.5, 0.6) is 0 Å². The average Bonchev–Trinajstić information content (AvgIpc) is 2.92. The first-order valence-corrected chi connectivity index (χ1v) is 6.33. The molecule has 0 unspecified atom stereocenters. The van der Waals surface area contributed by atoms with Crippen molar-refractivity contribution in [3.05, 3.63) is 28.0 Å². The molecule has 0 saturated carbocycles. The predicted octanol–water partition coefficient (Wildman–Crippen LogP) is 1.15. The molecule has 0 atom stereocenters. The molecule has 11 nitrogen and oxygen atoms in total. The van der Waals surface area contributed by atoms with Gasteiger partial charge in [0.1, 0.15) is 10.6 Å². The van der Waals surface area contributed by atoms with E-state index in [1.165, 1.54) is 12.1 Å². The standard InChI is InChI=1S/C11H14N8O3/c1-2-3-6(7-4-5-8(22-7)19(20)21)17-18-11-15-9(12)14-10(13)16-11/h4-5H,2-3H2,1H3,(H5,12,13,14,15,16,18)/b17-6+. The predicted molar refractivity (Wildman–Crippen MR) is 79.1 cm³/mol. The molecule has 0 spiro atoms. The van der Waals surface area contributed by atoms with Gasteiger partial charge in [-0.05, 0) is 12.5 Å². The van der Waals surface area contributed by atoms with E-state index in [1.807, 2.05) is 6.92 Å². The van der Waals surface area contributed by atoms with Crippen LogP contribution in [0.3, 0.4) is 0 Å². The molecule has 0 bridgehead atoms. The SMILES string of the molecule is CCC/C(=N\Nc1nc(N)nc(N)n1)c1ccc([N+](=O)[O-])o1. The second-order valence-electron chi connectivity index (χ2n) is 4.19. The fraction of sp³-hybridized carbons (Fsp3) is 0.273. The maximum absolute atomic E-state index is 10.7. The number of furan rings is 1. The van der Waals surface area contributed by atoms with Crippen molar-refractivity contribution in [2.24, 2.45) is 5.10 Å². The first kappa shape index (κ1) is 15.2. The Kier molecular flexibility index (Phi) is 4.46. The molecule has 0 aliphatic carbocycles. The van der Waals surface area contributed by atoms with Crippen molar-refractivity contribution >= 4 is 29.4 Å². The van der Waals surface area contributed by atoms with Gasteiger partial charge in [-0.3, -0.25) is 10.1 Å². The van der Waals surface area contributed by atoms with Crippen molar-refractivity contribution in [2.75, 3.05) is 16.9 Å². The smallest absolute Gasteiger partial charge is 0.399 e. The molecule has 5 N–H and O–H groups in total. The Balaban J connectivity index is 2.24. The largest absolute Gasteiger partial charge is 0.433 e. The van der Waals surface area contributed by atoms with E-state index in [0.29, 0.717) is 12.1 Å². The highest BCUT2D eigenvalue weighted by Gasteiger charge is 2.15. The lowest BCUT2D eigenvalue weighted by atomic mass is 10.2. The van der Waals surface area contributed by atoms with E-state index in [9.17, 15) is 10.1 Å². The van der Waals surface area contributed by atoms with Gasteiger partial charge < -0.3 is 15.9 Å². The lowest BCUT2D eigenvalue weighted by Crippen LogP contribution is -2.08. The minimum absolute atomic E-state index is 0.0455. The molecule has 0 fully saturated rings. The highest BCUT2D eigenvalue weighted by molar-refractivity contribution is 5.98. The average molecular weight is 306 g/mol. The fourth-order valence-electron chi connectivity index (χ4n) is 1.63. The molecule has 2 rings (SSSR count). The zero-order chi connectivity index (χ0) is 16.1. The Morgan fingerprint density at radius 2 is 2.05 bits per heavy atom. The van der Waals surface area contributed by atoms with Crippen molar-refractivity contribution in [3.63, 3.8) is 0 Å². The van der Waals surface area contributed by atoms with E-state index >= 15 is 0 Å². The highest BCUT2D eigenvalue weighted by Crippen LogP contribution is 2.18. The first-order chi connectivity index (χ1) is 10.5. The van der Waals surface area contributed by atoms with Gasteiger partial charge >= 0.3 is 5.88 Å². The van der Waals surface area contributed by atoms with E-state index < -0.39 is 4.92 Å². The summed E-state index contributed by atoms with van der Waals surface area (Å²) in [6.07, 6.45) is 1.30. The minimum Gasteiger partial charge on any atom is -0.399 e. The Labute approximate surface area is 124 Å². The van der Waals surface area contributed by atoms with Gasteiger partial charge in [-0.1, -0.05) is 13.3 Å². The number of hydrazone groups is 1. The van der Waals surface area contributed by atoms with E-state index in [-0.39, 0.29) is 29.5 Å².